The van der Waals surface area contributed by atoms with E-state index in [2.05, 4.69) is 34.3 Å². The van der Waals surface area contributed by atoms with Crippen molar-refractivity contribution in [1.82, 2.24) is 19.9 Å². The summed E-state index contributed by atoms with van der Waals surface area (Å²) in [6.45, 7) is 5.45. The zero-order valence-electron chi connectivity index (χ0n) is 18.0. The average molecular weight is 444 g/mol. The monoisotopic (exact) mass is 443 g/mol. The molecule has 1 aromatic heterocycles. The van der Waals surface area contributed by atoms with Crippen LogP contribution in [0.3, 0.4) is 0 Å². The van der Waals surface area contributed by atoms with Crippen LogP contribution < -0.4 is 5.73 Å². The van der Waals surface area contributed by atoms with E-state index in [-0.39, 0.29) is 16.9 Å². The number of nitrogens with two attached hydrogens (primary N) is 1. The van der Waals surface area contributed by atoms with Gasteiger partial charge in [0, 0.05) is 43.3 Å². The maximum atomic E-state index is 11.3. The molecule has 1 saturated heterocycles. The molecule has 1 saturated carbocycles. The predicted octanol–water partition coefficient (Wildman–Crippen LogP) is 3.04. The molecule has 1 aliphatic carbocycles. The summed E-state index contributed by atoms with van der Waals surface area (Å²) in [6.07, 6.45) is 7.34. The van der Waals surface area contributed by atoms with E-state index in [1.54, 1.807) is 0 Å². The Labute approximate surface area is 187 Å². The van der Waals surface area contributed by atoms with Gasteiger partial charge in [0.25, 0.3) is 0 Å². The fourth-order valence-corrected chi connectivity index (χ4v) is 5.64. The van der Waals surface area contributed by atoms with Crippen LogP contribution in [-0.2, 0) is 34.6 Å². The van der Waals surface area contributed by atoms with E-state index in [1.165, 1.54) is 11.1 Å². The second kappa shape index (κ2) is 7.87. The Balaban J connectivity index is 1.24. The maximum absolute atomic E-state index is 11.3. The largest absolute Gasteiger partial charge is 0.370 e. The van der Waals surface area contributed by atoms with Gasteiger partial charge in [-0.1, -0.05) is 22.9 Å². The number of fused-ring (bicyclic) bond motifs is 2. The molecular weight excluding hydrogens is 414 g/mol. The van der Waals surface area contributed by atoms with Gasteiger partial charge in [0.05, 0.1) is 17.9 Å². The van der Waals surface area contributed by atoms with Gasteiger partial charge in [0.2, 0.25) is 5.91 Å². The first-order chi connectivity index (χ1) is 14.9. The van der Waals surface area contributed by atoms with Crippen LogP contribution in [0.15, 0.2) is 24.4 Å². The third-order valence-electron chi connectivity index (χ3n) is 7.32. The molecule has 2 N–H and O–H groups in total. The van der Waals surface area contributed by atoms with E-state index >= 15 is 0 Å². The lowest BCUT2D eigenvalue weighted by Gasteiger charge is -2.48. The average Bonchev–Trinajstić information content (AvgIpc) is 3.31. The molecule has 166 valence electrons. The lowest BCUT2D eigenvalue weighted by Crippen LogP contribution is -2.50. The molecule has 5 rings (SSSR count). The number of ether oxygens (including phenoxy) is 1. The van der Waals surface area contributed by atoms with E-state index in [1.807, 2.05) is 16.9 Å². The van der Waals surface area contributed by atoms with Crippen LogP contribution in [0.2, 0.25) is 5.02 Å². The molecule has 31 heavy (non-hydrogen) atoms. The number of primary amides is 1. The number of nitrogens with zero attached hydrogens (tertiary/aromatic N) is 4. The number of piperidine rings is 1. The first-order valence-corrected chi connectivity index (χ1v) is 11.6. The Kier molecular flexibility index (Phi) is 5.31. The summed E-state index contributed by atoms with van der Waals surface area (Å²) in [4.78, 5) is 13.8. The zero-order valence-corrected chi connectivity index (χ0v) is 18.8. The summed E-state index contributed by atoms with van der Waals surface area (Å²) in [6, 6.07) is 6.59. The van der Waals surface area contributed by atoms with E-state index in [0.29, 0.717) is 19.0 Å². The summed E-state index contributed by atoms with van der Waals surface area (Å²) in [5.74, 6) is -0.235. The fraction of sp³-hybridized carbons (Fsp3) is 0.609. The first kappa shape index (κ1) is 20.9. The quantitative estimate of drug-likeness (QED) is 0.741. The SMILES string of the molecule is C[C@H]1C[C@@]2(CCN1Cc1cn(CC3(CC(N)=O)CC3)nn1)OCCc1ccc(Cl)cc12. The van der Waals surface area contributed by atoms with Gasteiger partial charge < -0.3 is 10.5 Å². The summed E-state index contributed by atoms with van der Waals surface area (Å²) in [7, 11) is 0. The van der Waals surface area contributed by atoms with Crippen molar-refractivity contribution in [2.24, 2.45) is 11.1 Å². The first-order valence-electron chi connectivity index (χ1n) is 11.2. The summed E-state index contributed by atoms with van der Waals surface area (Å²) >= 11 is 6.32. The fourth-order valence-electron chi connectivity index (χ4n) is 5.47. The number of aromatic nitrogens is 3. The number of hydrogen-bond donors (Lipinski definition) is 1. The molecule has 1 amide bonds. The number of benzene rings is 1. The predicted molar refractivity (Wildman–Crippen MR) is 117 cm³/mol. The summed E-state index contributed by atoms with van der Waals surface area (Å²) in [5, 5.41) is 9.48. The van der Waals surface area contributed by atoms with Crippen molar-refractivity contribution in [3.05, 3.63) is 46.2 Å². The lowest BCUT2D eigenvalue weighted by molar-refractivity contribution is -0.119. The van der Waals surface area contributed by atoms with Crippen molar-refractivity contribution in [3.8, 4) is 0 Å². The molecule has 0 unspecified atom stereocenters. The van der Waals surface area contributed by atoms with Crippen molar-refractivity contribution in [3.63, 3.8) is 0 Å². The van der Waals surface area contributed by atoms with Gasteiger partial charge in [-0.05, 0) is 67.7 Å². The van der Waals surface area contributed by atoms with Crippen molar-refractivity contribution in [2.45, 2.75) is 70.2 Å². The zero-order chi connectivity index (χ0) is 21.6. The van der Waals surface area contributed by atoms with Crippen LogP contribution in [-0.4, -0.2) is 45.0 Å². The van der Waals surface area contributed by atoms with Crippen molar-refractivity contribution >= 4 is 17.5 Å². The number of carbonyl (C=O) groups is 1. The van der Waals surface area contributed by atoms with Crippen LogP contribution in [0.1, 0.15) is 55.8 Å². The van der Waals surface area contributed by atoms with Gasteiger partial charge >= 0.3 is 0 Å². The molecule has 1 spiro atoms. The third-order valence-corrected chi connectivity index (χ3v) is 7.55. The van der Waals surface area contributed by atoms with Gasteiger partial charge in [-0.25, -0.2) is 0 Å². The van der Waals surface area contributed by atoms with Crippen molar-refractivity contribution in [2.75, 3.05) is 13.2 Å². The molecule has 3 heterocycles. The summed E-state index contributed by atoms with van der Waals surface area (Å²) in [5.41, 5.74) is 8.76. The van der Waals surface area contributed by atoms with Crippen LogP contribution in [0.5, 0.6) is 0 Å². The minimum Gasteiger partial charge on any atom is -0.370 e. The van der Waals surface area contributed by atoms with Crippen LogP contribution >= 0.6 is 11.6 Å². The molecule has 7 nitrogen and oxygen atoms in total. The summed E-state index contributed by atoms with van der Waals surface area (Å²) < 4.78 is 8.28. The highest BCUT2D eigenvalue weighted by Crippen LogP contribution is 2.50. The number of amides is 1. The van der Waals surface area contributed by atoms with Gasteiger partial charge in [0.15, 0.2) is 0 Å². The second-order valence-corrected chi connectivity index (χ2v) is 10.2. The molecule has 1 aromatic carbocycles. The third kappa shape index (κ3) is 4.23. The normalized spacial score (nSPS) is 27.2. The molecule has 3 aliphatic rings. The van der Waals surface area contributed by atoms with Gasteiger partial charge in [0.1, 0.15) is 0 Å². The van der Waals surface area contributed by atoms with Crippen LogP contribution in [0, 0.1) is 5.41 Å². The van der Waals surface area contributed by atoms with E-state index < -0.39 is 0 Å². The molecule has 8 heteroatoms. The molecule has 2 aliphatic heterocycles. The minimum atomic E-state index is -0.237. The van der Waals surface area contributed by atoms with Crippen LogP contribution in [0.4, 0.5) is 0 Å². The molecular formula is C23H30ClN5O2. The lowest BCUT2D eigenvalue weighted by atomic mass is 9.77. The Morgan fingerprint density at radius 3 is 2.94 bits per heavy atom. The Hall–Kier alpha value is -1.96. The molecule has 0 radical (unpaired) electrons. The second-order valence-electron chi connectivity index (χ2n) is 9.72. The Morgan fingerprint density at radius 2 is 2.19 bits per heavy atom. The van der Waals surface area contributed by atoms with Gasteiger partial charge in [-0.15, -0.1) is 5.10 Å². The van der Waals surface area contributed by atoms with E-state index in [4.69, 9.17) is 22.1 Å². The number of carbonyl (C=O) groups excluding carboxylic acids is 1. The highest BCUT2D eigenvalue weighted by molar-refractivity contribution is 6.30. The van der Waals surface area contributed by atoms with Gasteiger partial charge in [-0.3, -0.25) is 14.4 Å². The number of hydrogen-bond acceptors (Lipinski definition) is 5. The maximum Gasteiger partial charge on any atom is 0.218 e. The Bertz CT molecular complexity index is 988. The number of likely N-dealkylation sites (tertiary alicyclic amines) is 1. The number of rotatable bonds is 6. The molecule has 2 fully saturated rings. The van der Waals surface area contributed by atoms with E-state index in [9.17, 15) is 4.79 Å². The molecule has 0 bridgehead atoms. The Morgan fingerprint density at radius 1 is 1.35 bits per heavy atom. The highest BCUT2D eigenvalue weighted by atomic mass is 35.5. The molecule has 2 atom stereocenters. The molecule has 2 aromatic rings. The van der Waals surface area contributed by atoms with Crippen molar-refractivity contribution < 1.29 is 9.53 Å². The standard InChI is InChI=1S/C23H30ClN5O2/c1-16-11-23(20-10-18(24)3-2-17(20)4-9-31-23)7-8-28(16)13-19-14-29(27-26-19)15-22(5-6-22)12-21(25)30/h2-3,10,14,16H,4-9,11-13,15H2,1H3,(H2,25,30)/t16-,23+/m0/s1. The van der Waals surface area contributed by atoms with Gasteiger partial charge in [-0.2, -0.15) is 0 Å². The topological polar surface area (TPSA) is 86.3 Å². The minimum absolute atomic E-state index is 0.00537. The number of halogens is 1. The highest BCUT2D eigenvalue weighted by Gasteiger charge is 2.45. The van der Waals surface area contributed by atoms with Crippen LogP contribution in [0.25, 0.3) is 0 Å². The van der Waals surface area contributed by atoms with Crippen molar-refractivity contribution in [1.29, 1.82) is 0 Å². The van der Waals surface area contributed by atoms with E-state index in [0.717, 1.165) is 62.5 Å². The smallest absolute Gasteiger partial charge is 0.218 e.